The van der Waals surface area contributed by atoms with E-state index in [4.69, 9.17) is 9.47 Å². The SMILES string of the molecule is COc1ccc(C(O)C#CCCCCC#CC(O)c2ccc(OC)cc2)cc1. The lowest BCUT2D eigenvalue weighted by molar-refractivity contribution is 0.237. The van der Waals surface area contributed by atoms with Crippen LogP contribution in [0.1, 0.15) is 49.0 Å². The Bertz CT molecular complexity index is 759. The van der Waals surface area contributed by atoms with Gasteiger partial charge in [-0.25, -0.2) is 0 Å². The molecular formula is C24H26O4. The van der Waals surface area contributed by atoms with E-state index >= 15 is 0 Å². The Morgan fingerprint density at radius 3 is 1.36 bits per heavy atom. The first kappa shape index (κ1) is 21.4. The molecule has 2 unspecified atom stereocenters. The average Bonchev–Trinajstić information content (AvgIpc) is 2.75. The second kappa shape index (κ2) is 11.7. The summed E-state index contributed by atoms with van der Waals surface area (Å²) in [5.74, 6) is 13.2. The number of hydrogen-bond acceptors (Lipinski definition) is 4. The topological polar surface area (TPSA) is 58.9 Å². The molecule has 2 atom stereocenters. The zero-order valence-electron chi connectivity index (χ0n) is 16.3. The molecule has 0 heterocycles. The molecular weight excluding hydrogens is 352 g/mol. The van der Waals surface area contributed by atoms with Gasteiger partial charge in [0.1, 0.15) is 23.7 Å². The van der Waals surface area contributed by atoms with Crippen LogP contribution in [0.4, 0.5) is 0 Å². The predicted octanol–water partition coefficient (Wildman–Crippen LogP) is 4.04. The summed E-state index contributed by atoms with van der Waals surface area (Å²) in [5, 5.41) is 20.1. The lowest BCUT2D eigenvalue weighted by Gasteiger charge is -2.05. The summed E-state index contributed by atoms with van der Waals surface area (Å²) in [6.45, 7) is 0. The van der Waals surface area contributed by atoms with E-state index in [9.17, 15) is 10.2 Å². The van der Waals surface area contributed by atoms with E-state index < -0.39 is 12.2 Å². The molecule has 2 N–H and O–H groups in total. The summed E-state index contributed by atoms with van der Waals surface area (Å²) in [6, 6.07) is 14.4. The van der Waals surface area contributed by atoms with Gasteiger partial charge in [-0.05, 0) is 48.2 Å². The third-order valence-electron chi connectivity index (χ3n) is 4.19. The first-order chi connectivity index (χ1) is 13.6. The number of benzene rings is 2. The summed E-state index contributed by atoms with van der Waals surface area (Å²) in [5.41, 5.74) is 1.51. The van der Waals surface area contributed by atoms with Crippen LogP contribution in [0.5, 0.6) is 11.5 Å². The van der Waals surface area contributed by atoms with Gasteiger partial charge in [-0.1, -0.05) is 36.1 Å². The maximum Gasteiger partial charge on any atom is 0.140 e. The maximum atomic E-state index is 10.1. The summed E-state index contributed by atoms with van der Waals surface area (Å²) < 4.78 is 10.2. The summed E-state index contributed by atoms with van der Waals surface area (Å²) in [4.78, 5) is 0. The van der Waals surface area contributed by atoms with Crippen molar-refractivity contribution in [1.82, 2.24) is 0 Å². The average molecular weight is 378 g/mol. The van der Waals surface area contributed by atoms with Crippen molar-refractivity contribution in [1.29, 1.82) is 0 Å². The third-order valence-corrected chi connectivity index (χ3v) is 4.19. The Labute approximate surface area is 167 Å². The van der Waals surface area contributed by atoms with Gasteiger partial charge in [-0.2, -0.15) is 0 Å². The highest BCUT2D eigenvalue weighted by Gasteiger charge is 2.04. The zero-order valence-corrected chi connectivity index (χ0v) is 16.3. The molecule has 0 aliphatic rings. The van der Waals surface area contributed by atoms with Crippen LogP contribution in [-0.2, 0) is 0 Å². The van der Waals surface area contributed by atoms with Crippen LogP contribution in [-0.4, -0.2) is 24.4 Å². The molecule has 28 heavy (non-hydrogen) atoms. The molecule has 146 valence electrons. The van der Waals surface area contributed by atoms with Crippen LogP contribution >= 0.6 is 0 Å². The van der Waals surface area contributed by atoms with E-state index in [-0.39, 0.29) is 0 Å². The van der Waals surface area contributed by atoms with Crippen LogP contribution in [0.2, 0.25) is 0 Å². The molecule has 0 saturated heterocycles. The van der Waals surface area contributed by atoms with Crippen molar-refractivity contribution in [2.45, 2.75) is 37.9 Å². The Hall–Kier alpha value is -2.92. The van der Waals surface area contributed by atoms with Crippen molar-refractivity contribution in [2.24, 2.45) is 0 Å². The smallest absolute Gasteiger partial charge is 0.140 e. The molecule has 4 heteroatoms. The molecule has 0 spiro atoms. The fourth-order valence-corrected chi connectivity index (χ4v) is 2.50. The van der Waals surface area contributed by atoms with Gasteiger partial charge in [0.15, 0.2) is 0 Å². The summed E-state index contributed by atoms with van der Waals surface area (Å²) >= 11 is 0. The molecule has 0 amide bonds. The second-order valence-corrected chi connectivity index (χ2v) is 6.20. The molecule has 2 aromatic carbocycles. The Morgan fingerprint density at radius 1 is 0.679 bits per heavy atom. The van der Waals surface area contributed by atoms with E-state index in [1.165, 1.54) is 0 Å². The minimum absolute atomic E-state index is 0.704. The van der Waals surface area contributed by atoms with Gasteiger partial charge in [0, 0.05) is 12.8 Å². The van der Waals surface area contributed by atoms with Crippen molar-refractivity contribution in [3.63, 3.8) is 0 Å². The van der Waals surface area contributed by atoms with Crippen molar-refractivity contribution in [2.75, 3.05) is 14.2 Å². The standard InChI is InChI=1S/C24H26O4/c1-27-21-15-11-19(12-16-21)23(25)9-7-5-3-4-6-8-10-24(26)20-13-17-22(28-2)18-14-20/h11-18,23-26H,3-6H2,1-2H3. The van der Waals surface area contributed by atoms with Gasteiger partial charge < -0.3 is 19.7 Å². The number of hydrogen-bond donors (Lipinski definition) is 2. The number of rotatable bonds is 7. The quantitative estimate of drug-likeness (QED) is 0.564. The lowest BCUT2D eigenvalue weighted by Crippen LogP contribution is -1.94. The third kappa shape index (κ3) is 7.00. The lowest BCUT2D eigenvalue weighted by atomic mass is 10.1. The molecule has 0 aliphatic heterocycles. The number of methoxy groups -OCH3 is 2. The molecule has 0 aromatic heterocycles. The second-order valence-electron chi connectivity index (χ2n) is 6.20. The molecule has 0 radical (unpaired) electrons. The predicted molar refractivity (Wildman–Crippen MR) is 110 cm³/mol. The van der Waals surface area contributed by atoms with E-state index in [0.29, 0.717) is 12.8 Å². The Morgan fingerprint density at radius 2 is 1.04 bits per heavy atom. The van der Waals surface area contributed by atoms with Gasteiger partial charge in [0.2, 0.25) is 0 Å². The monoisotopic (exact) mass is 378 g/mol. The molecule has 0 bridgehead atoms. The molecule has 4 nitrogen and oxygen atoms in total. The van der Waals surface area contributed by atoms with E-state index in [2.05, 4.69) is 23.7 Å². The number of aliphatic hydroxyl groups is 2. The first-order valence-electron chi connectivity index (χ1n) is 9.25. The van der Waals surface area contributed by atoms with Crippen molar-refractivity contribution in [3.05, 3.63) is 59.7 Å². The molecule has 0 aliphatic carbocycles. The van der Waals surface area contributed by atoms with E-state index in [1.54, 1.807) is 38.5 Å². The van der Waals surface area contributed by atoms with Gasteiger partial charge >= 0.3 is 0 Å². The maximum absolute atomic E-state index is 10.1. The Balaban J connectivity index is 1.68. The van der Waals surface area contributed by atoms with E-state index in [0.717, 1.165) is 35.5 Å². The van der Waals surface area contributed by atoms with Crippen molar-refractivity contribution >= 4 is 0 Å². The van der Waals surface area contributed by atoms with E-state index in [1.807, 2.05) is 24.3 Å². The first-order valence-corrected chi connectivity index (χ1v) is 9.25. The Kier molecular flexibility index (Phi) is 8.95. The molecule has 2 rings (SSSR count). The highest BCUT2D eigenvalue weighted by Crippen LogP contribution is 2.18. The summed E-state index contributed by atoms with van der Waals surface area (Å²) in [6.07, 6.45) is 1.63. The highest BCUT2D eigenvalue weighted by atomic mass is 16.5. The molecule has 2 aromatic rings. The highest BCUT2D eigenvalue weighted by molar-refractivity contribution is 5.32. The summed E-state index contributed by atoms with van der Waals surface area (Å²) in [7, 11) is 3.21. The van der Waals surface area contributed by atoms with Gasteiger partial charge in [-0.3, -0.25) is 0 Å². The van der Waals surface area contributed by atoms with Gasteiger partial charge in [-0.15, -0.1) is 11.8 Å². The number of ether oxygens (including phenoxy) is 2. The number of aliphatic hydroxyl groups excluding tert-OH is 2. The normalized spacial score (nSPS) is 12.0. The number of unbranched alkanes of at least 4 members (excludes halogenated alkanes) is 3. The zero-order chi connectivity index (χ0) is 20.2. The van der Waals surface area contributed by atoms with Gasteiger partial charge in [0.05, 0.1) is 14.2 Å². The fraction of sp³-hybridized carbons (Fsp3) is 0.333. The van der Waals surface area contributed by atoms with Crippen LogP contribution in [0.15, 0.2) is 48.5 Å². The minimum Gasteiger partial charge on any atom is -0.497 e. The van der Waals surface area contributed by atoms with Crippen LogP contribution in [0, 0.1) is 23.7 Å². The van der Waals surface area contributed by atoms with Crippen LogP contribution in [0.3, 0.4) is 0 Å². The van der Waals surface area contributed by atoms with Crippen molar-refractivity contribution < 1.29 is 19.7 Å². The van der Waals surface area contributed by atoms with Crippen LogP contribution < -0.4 is 9.47 Å². The largest absolute Gasteiger partial charge is 0.497 e. The minimum atomic E-state index is -0.787. The van der Waals surface area contributed by atoms with Crippen LogP contribution in [0.25, 0.3) is 0 Å². The fourth-order valence-electron chi connectivity index (χ4n) is 2.50. The molecule has 0 saturated carbocycles. The van der Waals surface area contributed by atoms with Crippen molar-refractivity contribution in [3.8, 4) is 35.2 Å². The van der Waals surface area contributed by atoms with Gasteiger partial charge in [0.25, 0.3) is 0 Å². The molecule has 0 fully saturated rings.